The third kappa shape index (κ3) is 2.40. The van der Waals surface area contributed by atoms with Gasteiger partial charge < -0.3 is 10.2 Å². The highest BCUT2D eigenvalue weighted by molar-refractivity contribution is 7.21. The number of thiophene rings is 2. The minimum absolute atomic E-state index is 0.786. The molecule has 0 saturated carbocycles. The molecule has 2 rings (SSSR count). The van der Waals surface area contributed by atoms with E-state index in [2.05, 4.69) is 11.4 Å². The minimum Gasteiger partial charge on any atom is -0.387 e. The van der Waals surface area contributed by atoms with Crippen molar-refractivity contribution in [3.05, 3.63) is 20.1 Å². The molecule has 2 aromatic rings. The van der Waals surface area contributed by atoms with Gasteiger partial charge in [-0.15, -0.1) is 22.7 Å². The summed E-state index contributed by atoms with van der Waals surface area (Å²) in [6, 6.07) is 2.07. The van der Waals surface area contributed by atoms with E-state index in [1.165, 1.54) is 11.3 Å². The molecule has 17 heavy (non-hydrogen) atoms. The summed E-state index contributed by atoms with van der Waals surface area (Å²) < 4.78 is 1.58. The third-order valence-corrected chi connectivity index (χ3v) is 4.99. The van der Waals surface area contributed by atoms with Gasteiger partial charge in [-0.3, -0.25) is 0 Å². The molecule has 0 aliphatic rings. The Balaban J connectivity index is 2.53. The van der Waals surface area contributed by atoms with E-state index in [-0.39, 0.29) is 0 Å². The van der Waals surface area contributed by atoms with Crippen LogP contribution in [-0.2, 0) is 0 Å². The summed E-state index contributed by atoms with van der Waals surface area (Å²) in [7, 11) is 5.85. The normalized spacial score (nSPS) is 10.6. The summed E-state index contributed by atoms with van der Waals surface area (Å²) in [5, 5.41) is 5.16. The smallest absolute Gasteiger partial charge is 0.117 e. The van der Waals surface area contributed by atoms with E-state index in [0.717, 1.165) is 30.5 Å². The van der Waals surface area contributed by atoms with Crippen LogP contribution in [0.3, 0.4) is 0 Å². The van der Waals surface area contributed by atoms with Crippen molar-refractivity contribution in [2.75, 3.05) is 31.4 Å². The van der Waals surface area contributed by atoms with Crippen LogP contribution in [0.1, 0.15) is 0 Å². The highest BCUT2D eigenvalue weighted by atomic mass is 35.5. The molecule has 0 amide bonds. The van der Waals surface area contributed by atoms with Gasteiger partial charge in [0.1, 0.15) is 8.67 Å². The summed E-state index contributed by atoms with van der Waals surface area (Å²) in [6.07, 6.45) is 0. The van der Waals surface area contributed by atoms with Gasteiger partial charge in [-0.2, -0.15) is 0 Å². The van der Waals surface area contributed by atoms with Crippen molar-refractivity contribution in [1.82, 2.24) is 0 Å². The van der Waals surface area contributed by atoms with Crippen LogP contribution in [0.5, 0.6) is 0 Å². The lowest BCUT2D eigenvalue weighted by molar-refractivity contribution is 1.14. The molecule has 0 aliphatic heterocycles. The predicted molar refractivity (Wildman–Crippen MR) is 81.5 cm³/mol. The molecule has 2 nitrogen and oxygen atoms in total. The molecule has 1 N–H and O–H groups in total. The third-order valence-electron chi connectivity index (χ3n) is 2.41. The number of rotatable bonds is 3. The van der Waals surface area contributed by atoms with Gasteiger partial charge in [0.15, 0.2) is 0 Å². The van der Waals surface area contributed by atoms with E-state index >= 15 is 0 Å². The fourth-order valence-electron chi connectivity index (χ4n) is 1.54. The molecule has 0 bridgehead atoms. The number of nitrogens with one attached hydrogen (secondary N) is 1. The van der Waals surface area contributed by atoms with Gasteiger partial charge >= 0.3 is 0 Å². The van der Waals surface area contributed by atoms with Crippen LogP contribution in [0.25, 0.3) is 10.4 Å². The summed E-state index contributed by atoms with van der Waals surface area (Å²) in [4.78, 5) is 3.09. The summed E-state index contributed by atoms with van der Waals surface area (Å²) in [5.41, 5.74) is 3.11. The van der Waals surface area contributed by atoms with Crippen LogP contribution in [0.15, 0.2) is 11.4 Å². The molecular formula is C11H12Cl2N2S2. The first-order valence-electron chi connectivity index (χ1n) is 4.96. The largest absolute Gasteiger partial charge is 0.387 e. The molecule has 0 unspecified atom stereocenters. The van der Waals surface area contributed by atoms with E-state index in [9.17, 15) is 0 Å². The maximum absolute atomic E-state index is 6.23. The second kappa shape index (κ2) is 5.06. The number of nitrogens with zero attached hydrogens (tertiary/aromatic N) is 1. The monoisotopic (exact) mass is 306 g/mol. The molecule has 0 atom stereocenters. The van der Waals surface area contributed by atoms with Crippen LogP contribution in [0.2, 0.25) is 8.67 Å². The van der Waals surface area contributed by atoms with Gasteiger partial charge in [-0.1, -0.05) is 23.2 Å². The second-order valence-electron chi connectivity index (χ2n) is 3.71. The van der Waals surface area contributed by atoms with E-state index in [1.54, 1.807) is 11.3 Å². The molecule has 6 heteroatoms. The Morgan fingerprint density at radius 3 is 2.47 bits per heavy atom. The molecular weight excluding hydrogens is 295 g/mol. The van der Waals surface area contributed by atoms with Crippen molar-refractivity contribution < 1.29 is 0 Å². The fourth-order valence-corrected chi connectivity index (χ4v) is 4.28. The van der Waals surface area contributed by atoms with Crippen LogP contribution in [0, 0.1) is 0 Å². The van der Waals surface area contributed by atoms with Crippen LogP contribution >= 0.6 is 45.9 Å². The van der Waals surface area contributed by atoms with Gasteiger partial charge in [-0.25, -0.2) is 0 Å². The lowest BCUT2D eigenvalue weighted by atomic mass is 10.2. The van der Waals surface area contributed by atoms with Crippen molar-refractivity contribution in [1.29, 1.82) is 0 Å². The first kappa shape index (κ1) is 13.0. The maximum atomic E-state index is 6.23. The Hall–Kier alpha value is -0.420. The molecule has 0 aliphatic carbocycles. The van der Waals surface area contributed by atoms with Gasteiger partial charge in [0.2, 0.25) is 0 Å². The molecule has 0 fully saturated rings. The molecule has 2 aromatic heterocycles. The van der Waals surface area contributed by atoms with Crippen LogP contribution < -0.4 is 10.2 Å². The van der Waals surface area contributed by atoms with Gasteiger partial charge in [-0.05, 0) is 6.07 Å². The van der Waals surface area contributed by atoms with Gasteiger partial charge in [0.05, 0.1) is 11.4 Å². The standard InChI is InChI=1S/C11H12Cl2N2S2/c1-14-6-5-16-11(13)9(6)8-4-7(15(2)3)10(12)17-8/h4-5,14H,1-3H3. The predicted octanol–water partition coefficient (Wildman–Crippen LogP) is 4.89. The summed E-state index contributed by atoms with van der Waals surface area (Å²) in [5.74, 6) is 0. The first-order chi connectivity index (χ1) is 8.04. The maximum Gasteiger partial charge on any atom is 0.117 e. The van der Waals surface area contributed by atoms with Crippen molar-refractivity contribution >= 4 is 57.3 Å². The highest BCUT2D eigenvalue weighted by Gasteiger charge is 2.17. The Labute approximate surface area is 119 Å². The highest BCUT2D eigenvalue weighted by Crippen LogP contribution is 2.47. The number of hydrogen-bond acceptors (Lipinski definition) is 4. The zero-order valence-corrected chi connectivity index (χ0v) is 12.8. The molecule has 0 radical (unpaired) electrons. The van der Waals surface area contributed by atoms with Crippen molar-refractivity contribution in [3.8, 4) is 10.4 Å². The number of anilines is 2. The average Bonchev–Trinajstić information content (AvgIpc) is 2.81. The Bertz CT molecular complexity index is 532. The van der Waals surface area contributed by atoms with Crippen molar-refractivity contribution in [3.63, 3.8) is 0 Å². The second-order valence-corrected chi connectivity index (χ2v) is 6.85. The Morgan fingerprint density at radius 1 is 1.24 bits per heavy atom. The fraction of sp³-hybridized carbons (Fsp3) is 0.273. The van der Waals surface area contributed by atoms with Crippen molar-refractivity contribution in [2.24, 2.45) is 0 Å². The molecule has 0 saturated heterocycles. The number of hydrogen-bond donors (Lipinski definition) is 1. The Kier molecular flexibility index (Phi) is 3.88. The number of halogens is 2. The summed E-state index contributed by atoms with van der Waals surface area (Å²) in [6.45, 7) is 0. The van der Waals surface area contributed by atoms with Crippen LogP contribution in [0.4, 0.5) is 11.4 Å². The van der Waals surface area contributed by atoms with Gasteiger partial charge in [0, 0.05) is 37.0 Å². The van der Waals surface area contributed by atoms with E-state index in [4.69, 9.17) is 23.2 Å². The lowest BCUT2D eigenvalue weighted by Gasteiger charge is -2.09. The quantitative estimate of drug-likeness (QED) is 0.868. The SMILES string of the molecule is CNc1csc(Cl)c1-c1cc(N(C)C)c(Cl)s1. The molecule has 2 heterocycles. The minimum atomic E-state index is 0.786. The van der Waals surface area contributed by atoms with Gasteiger partial charge in [0.25, 0.3) is 0 Å². The molecule has 92 valence electrons. The lowest BCUT2D eigenvalue weighted by Crippen LogP contribution is -2.07. The van der Waals surface area contributed by atoms with Crippen LogP contribution in [-0.4, -0.2) is 21.1 Å². The van der Waals surface area contributed by atoms with E-state index < -0.39 is 0 Å². The molecule has 0 aromatic carbocycles. The average molecular weight is 307 g/mol. The first-order valence-corrected chi connectivity index (χ1v) is 7.41. The Morgan fingerprint density at radius 2 is 1.94 bits per heavy atom. The zero-order valence-electron chi connectivity index (χ0n) is 9.67. The van der Waals surface area contributed by atoms with Crippen molar-refractivity contribution in [2.45, 2.75) is 0 Å². The van der Waals surface area contributed by atoms with E-state index in [1.807, 2.05) is 31.4 Å². The molecule has 0 spiro atoms. The summed E-state index contributed by atoms with van der Waals surface area (Å²) >= 11 is 15.5. The topological polar surface area (TPSA) is 15.3 Å². The van der Waals surface area contributed by atoms with E-state index in [0.29, 0.717) is 0 Å². The zero-order chi connectivity index (χ0) is 12.6.